The standard InChI is InChI=1S/C26H28F3N5O4S/c1-33(2)10-5-11-38-23-20(32-39(36,37)26(27,28)29)13-17(14-31-23)16-6-7-19-18(12-16)22-21(15-30-19)34(3)24(35)25(22)8-4-9-25/h6-7,12-15,32H,4-5,8-11H2,1-3H3. The van der Waals surface area contributed by atoms with Crippen LogP contribution >= 0.6 is 0 Å². The minimum Gasteiger partial charge on any atom is -0.476 e. The summed E-state index contributed by atoms with van der Waals surface area (Å²) in [5, 5.41) is 0.767. The number of anilines is 2. The van der Waals surface area contributed by atoms with Crippen molar-refractivity contribution in [1.29, 1.82) is 0 Å². The van der Waals surface area contributed by atoms with Gasteiger partial charge in [0.15, 0.2) is 0 Å². The molecule has 1 spiro atoms. The molecular weight excluding hydrogens is 535 g/mol. The van der Waals surface area contributed by atoms with Gasteiger partial charge in [-0.2, -0.15) is 21.6 Å². The van der Waals surface area contributed by atoms with E-state index in [0.717, 1.165) is 35.9 Å². The van der Waals surface area contributed by atoms with E-state index < -0.39 is 26.6 Å². The summed E-state index contributed by atoms with van der Waals surface area (Å²) < 4.78 is 70.6. The highest BCUT2D eigenvalue weighted by atomic mass is 32.2. The van der Waals surface area contributed by atoms with E-state index in [1.165, 1.54) is 12.3 Å². The molecule has 2 aromatic heterocycles. The highest BCUT2D eigenvalue weighted by molar-refractivity contribution is 7.93. The minimum atomic E-state index is -5.71. The van der Waals surface area contributed by atoms with E-state index in [9.17, 15) is 26.4 Å². The maximum Gasteiger partial charge on any atom is 0.516 e. The number of likely N-dealkylation sites (N-methyl/N-ethyl adjacent to an activating group) is 1. The Kier molecular flexibility index (Phi) is 6.70. The molecule has 1 aliphatic carbocycles. The van der Waals surface area contributed by atoms with E-state index in [2.05, 4.69) is 9.97 Å². The summed E-state index contributed by atoms with van der Waals surface area (Å²) in [5.74, 6) is -0.223. The number of benzene rings is 1. The number of sulfonamides is 1. The molecule has 5 rings (SSSR count). The van der Waals surface area contributed by atoms with E-state index in [-0.39, 0.29) is 18.4 Å². The summed E-state index contributed by atoms with van der Waals surface area (Å²) in [6.07, 6.45) is 6.07. The topological polar surface area (TPSA) is 105 Å². The van der Waals surface area contributed by atoms with Crippen LogP contribution in [0.15, 0.2) is 36.7 Å². The lowest BCUT2D eigenvalue weighted by Gasteiger charge is -2.37. The van der Waals surface area contributed by atoms with Crippen LogP contribution in [-0.2, 0) is 20.2 Å². The number of pyridine rings is 2. The van der Waals surface area contributed by atoms with Crippen LogP contribution < -0.4 is 14.4 Å². The Bertz CT molecular complexity index is 1560. The third kappa shape index (κ3) is 4.67. The molecule has 3 aromatic rings. The number of carbonyl (C=O) groups excluding carboxylic acids is 1. The van der Waals surface area contributed by atoms with E-state index in [4.69, 9.17) is 4.74 Å². The van der Waals surface area contributed by atoms with Crippen LogP contribution in [0.25, 0.3) is 22.0 Å². The lowest BCUT2D eigenvalue weighted by atomic mass is 9.64. The van der Waals surface area contributed by atoms with Crippen LogP contribution in [0.5, 0.6) is 5.88 Å². The van der Waals surface area contributed by atoms with Crippen molar-refractivity contribution in [2.75, 3.05) is 43.9 Å². The number of hydrogen-bond donors (Lipinski definition) is 1. The van der Waals surface area contributed by atoms with Crippen molar-refractivity contribution in [2.45, 2.75) is 36.6 Å². The zero-order valence-electron chi connectivity index (χ0n) is 21.7. The Morgan fingerprint density at radius 1 is 1.13 bits per heavy atom. The normalized spacial score (nSPS) is 16.6. The molecule has 1 aliphatic heterocycles. The number of amides is 1. The fourth-order valence-electron chi connectivity index (χ4n) is 5.20. The van der Waals surface area contributed by atoms with E-state index >= 15 is 0 Å². The lowest BCUT2D eigenvalue weighted by molar-refractivity contribution is -0.125. The van der Waals surface area contributed by atoms with Crippen molar-refractivity contribution in [1.82, 2.24) is 14.9 Å². The quantitative estimate of drug-likeness (QED) is 0.408. The molecule has 1 aromatic carbocycles. The lowest BCUT2D eigenvalue weighted by Crippen LogP contribution is -2.43. The Balaban J connectivity index is 1.57. The number of rotatable bonds is 8. The first-order chi connectivity index (χ1) is 18.3. The van der Waals surface area contributed by atoms with Crippen molar-refractivity contribution in [3.05, 3.63) is 42.2 Å². The van der Waals surface area contributed by atoms with Gasteiger partial charge in [-0.1, -0.05) is 12.5 Å². The molecule has 0 saturated heterocycles. The molecule has 39 heavy (non-hydrogen) atoms. The first-order valence-electron chi connectivity index (χ1n) is 12.4. The molecule has 0 bridgehead atoms. The summed E-state index contributed by atoms with van der Waals surface area (Å²) in [5.41, 5.74) is -3.27. The maximum atomic E-state index is 13.2. The van der Waals surface area contributed by atoms with E-state index in [1.54, 1.807) is 35.0 Å². The van der Waals surface area contributed by atoms with Crippen molar-refractivity contribution < 1.29 is 31.1 Å². The van der Waals surface area contributed by atoms with Crippen molar-refractivity contribution in [2.24, 2.45) is 0 Å². The fourth-order valence-corrected chi connectivity index (χ4v) is 5.75. The number of nitrogens with one attached hydrogen (secondary N) is 1. The summed E-state index contributed by atoms with van der Waals surface area (Å²) in [4.78, 5) is 25.3. The molecule has 1 fully saturated rings. The van der Waals surface area contributed by atoms with Gasteiger partial charge in [-0.05, 0) is 57.1 Å². The number of fused-ring (bicyclic) bond motifs is 4. The molecule has 13 heteroatoms. The van der Waals surface area contributed by atoms with Gasteiger partial charge in [0.25, 0.3) is 0 Å². The Morgan fingerprint density at radius 3 is 2.51 bits per heavy atom. The highest BCUT2D eigenvalue weighted by Gasteiger charge is 2.54. The van der Waals surface area contributed by atoms with Gasteiger partial charge in [0.1, 0.15) is 5.69 Å². The highest BCUT2D eigenvalue weighted by Crippen LogP contribution is 2.55. The van der Waals surface area contributed by atoms with Crippen LogP contribution in [0.1, 0.15) is 31.2 Å². The third-order valence-electron chi connectivity index (χ3n) is 7.33. The average molecular weight is 564 g/mol. The van der Waals surface area contributed by atoms with Crippen LogP contribution in [0.2, 0.25) is 0 Å². The zero-order chi connectivity index (χ0) is 28.2. The molecular formula is C26H28F3N5O4S. The SMILES string of the molecule is CN(C)CCCOc1ncc(-c2ccc3ncc4c(c3c2)C2(CCC2)C(=O)N4C)cc1NS(=O)(=O)C(F)(F)F. The van der Waals surface area contributed by atoms with Crippen LogP contribution in [0.3, 0.4) is 0 Å². The zero-order valence-corrected chi connectivity index (χ0v) is 22.5. The summed E-state index contributed by atoms with van der Waals surface area (Å²) >= 11 is 0. The number of carbonyl (C=O) groups is 1. The molecule has 9 nitrogen and oxygen atoms in total. The van der Waals surface area contributed by atoms with Crippen LogP contribution in [-0.4, -0.2) is 69.0 Å². The third-order valence-corrected chi connectivity index (χ3v) is 8.43. The van der Waals surface area contributed by atoms with Gasteiger partial charge in [0, 0.05) is 36.3 Å². The summed E-state index contributed by atoms with van der Waals surface area (Å²) in [6, 6.07) is 6.59. The first kappa shape index (κ1) is 27.1. The van der Waals surface area contributed by atoms with Gasteiger partial charge >= 0.3 is 15.5 Å². The van der Waals surface area contributed by atoms with E-state index in [1.807, 2.05) is 25.1 Å². The van der Waals surface area contributed by atoms with Crippen molar-refractivity contribution in [3.63, 3.8) is 0 Å². The van der Waals surface area contributed by atoms with Gasteiger partial charge in [-0.15, -0.1) is 0 Å². The molecule has 0 atom stereocenters. The predicted molar refractivity (Wildman–Crippen MR) is 141 cm³/mol. The van der Waals surface area contributed by atoms with Crippen LogP contribution in [0, 0.1) is 0 Å². The number of aromatic nitrogens is 2. The molecule has 0 unspecified atom stereocenters. The second-order valence-electron chi connectivity index (χ2n) is 10.2. The van der Waals surface area contributed by atoms with Crippen molar-refractivity contribution >= 4 is 38.2 Å². The van der Waals surface area contributed by atoms with Gasteiger partial charge in [-0.3, -0.25) is 14.5 Å². The molecule has 1 saturated carbocycles. The average Bonchev–Trinajstić information content (AvgIpc) is 3.08. The fraction of sp³-hybridized carbons (Fsp3) is 0.423. The number of nitrogens with zero attached hydrogens (tertiary/aromatic N) is 4. The number of halogens is 3. The van der Waals surface area contributed by atoms with Gasteiger partial charge < -0.3 is 14.5 Å². The molecule has 3 heterocycles. The number of alkyl halides is 3. The molecule has 208 valence electrons. The monoisotopic (exact) mass is 563 g/mol. The van der Waals surface area contributed by atoms with E-state index in [0.29, 0.717) is 29.6 Å². The molecule has 2 aliphatic rings. The molecule has 1 amide bonds. The maximum absolute atomic E-state index is 13.2. The number of ether oxygens (including phenoxy) is 1. The molecule has 1 N–H and O–H groups in total. The van der Waals surface area contributed by atoms with Gasteiger partial charge in [-0.25, -0.2) is 4.98 Å². The second kappa shape index (κ2) is 9.63. The largest absolute Gasteiger partial charge is 0.516 e. The minimum absolute atomic E-state index is 0.0322. The van der Waals surface area contributed by atoms with Crippen molar-refractivity contribution in [3.8, 4) is 17.0 Å². The number of hydrogen-bond acceptors (Lipinski definition) is 7. The Hall–Kier alpha value is -3.45. The summed E-state index contributed by atoms with van der Waals surface area (Å²) in [7, 11) is -0.253. The van der Waals surface area contributed by atoms with Gasteiger partial charge in [0.05, 0.1) is 29.4 Å². The van der Waals surface area contributed by atoms with Crippen LogP contribution in [0.4, 0.5) is 24.5 Å². The molecule has 0 radical (unpaired) electrons. The Labute approximate surface area is 224 Å². The second-order valence-corrected chi connectivity index (χ2v) is 11.9. The van der Waals surface area contributed by atoms with Gasteiger partial charge in [0.2, 0.25) is 11.8 Å². The predicted octanol–water partition coefficient (Wildman–Crippen LogP) is 4.29. The first-order valence-corrected chi connectivity index (χ1v) is 13.9. The smallest absolute Gasteiger partial charge is 0.476 e. The summed E-state index contributed by atoms with van der Waals surface area (Å²) in [6.45, 7) is 0.791. The Morgan fingerprint density at radius 2 is 1.87 bits per heavy atom.